The number of fused-ring (bicyclic) bond motifs is 1. The highest BCUT2D eigenvalue weighted by molar-refractivity contribution is 8.01. The van der Waals surface area contributed by atoms with Crippen molar-refractivity contribution in [2.45, 2.75) is 74.3 Å². The summed E-state index contributed by atoms with van der Waals surface area (Å²) in [5.41, 5.74) is 6.23. The number of aliphatic carboxylic acids is 1. The summed E-state index contributed by atoms with van der Waals surface area (Å²) in [7, 11) is 0. The molecule has 2 aliphatic heterocycles. The minimum atomic E-state index is -1.28. The summed E-state index contributed by atoms with van der Waals surface area (Å²) < 4.78 is -0.763. The number of carboxylic acid groups (broad SMARTS) is 1. The van der Waals surface area contributed by atoms with Crippen LogP contribution in [-0.4, -0.2) is 79.5 Å². The van der Waals surface area contributed by atoms with Crippen LogP contribution in [0.5, 0.6) is 5.75 Å². The SMILES string of the molecule is CCCCNC(=O)CC(N)C(=O)NC(C(=O)N[C@@H]1C(=O)N2[C@@H]1SC(C)(C)[C@@H]2C(=O)O)c1ccc(O)cc1. The first-order chi connectivity index (χ1) is 17.4. The van der Waals surface area contributed by atoms with E-state index in [1.165, 1.54) is 40.9 Å². The smallest absolute Gasteiger partial charge is 0.327 e. The van der Waals surface area contributed by atoms with Crippen LogP contribution in [0.4, 0.5) is 0 Å². The first kappa shape index (κ1) is 28.3. The minimum Gasteiger partial charge on any atom is -0.508 e. The third kappa shape index (κ3) is 6.16. The van der Waals surface area contributed by atoms with Gasteiger partial charge in [-0.2, -0.15) is 0 Å². The number of nitrogens with zero attached hydrogens (tertiary/aromatic N) is 1. The molecular formula is C24H33N5O7S. The van der Waals surface area contributed by atoms with Crippen LogP contribution < -0.4 is 21.7 Å². The Kier molecular flexibility index (Phi) is 8.69. The maximum atomic E-state index is 13.3. The average Bonchev–Trinajstić information content (AvgIpc) is 3.09. The number of carboxylic acids is 1. The van der Waals surface area contributed by atoms with Gasteiger partial charge in [0.15, 0.2) is 0 Å². The van der Waals surface area contributed by atoms with Crippen molar-refractivity contribution in [3.05, 3.63) is 29.8 Å². The zero-order chi connectivity index (χ0) is 27.5. The van der Waals surface area contributed by atoms with Crippen LogP contribution in [0.25, 0.3) is 0 Å². The topological polar surface area (TPSA) is 191 Å². The Bertz CT molecular complexity index is 1060. The molecule has 2 aliphatic rings. The standard InChI is InChI=1S/C24H33N5O7S/c1-4-5-10-26-15(31)11-14(25)19(32)27-16(12-6-8-13(30)9-7-12)20(33)28-17-21(34)29-18(23(35)36)24(2,3)37-22(17)29/h6-9,14,16-18,22,30H,4-5,10-11,25H2,1-3H3,(H,26,31)(H,27,32)(H,28,33)(H,35,36)/t14?,16?,17-,18+,22-/m1/s1. The molecule has 5 atom stereocenters. The highest BCUT2D eigenvalue weighted by atomic mass is 32.2. The van der Waals surface area contributed by atoms with Crippen molar-refractivity contribution in [1.29, 1.82) is 0 Å². The normalized spacial score (nSPS) is 23.3. The molecule has 7 N–H and O–H groups in total. The van der Waals surface area contributed by atoms with E-state index in [-0.39, 0.29) is 12.2 Å². The molecule has 0 saturated carbocycles. The van der Waals surface area contributed by atoms with Gasteiger partial charge in [-0.3, -0.25) is 19.2 Å². The zero-order valence-corrected chi connectivity index (χ0v) is 21.7. The maximum Gasteiger partial charge on any atom is 0.327 e. The molecular weight excluding hydrogens is 502 g/mol. The van der Waals surface area contributed by atoms with E-state index in [4.69, 9.17) is 5.73 Å². The molecule has 4 amide bonds. The van der Waals surface area contributed by atoms with Gasteiger partial charge in [-0.25, -0.2) is 4.79 Å². The van der Waals surface area contributed by atoms with Gasteiger partial charge in [0.05, 0.1) is 12.5 Å². The molecule has 2 heterocycles. The van der Waals surface area contributed by atoms with Crippen molar-refractivity contribution < 1.29 is 34.2 Å². The van der Waals surface area contributed by atoms with Crippen LogP contribution in [-0.2, 0) is 24.0 Å². The number of phenols is 1. The Morgan fingerprint density at radius 3 is 2.41 bits per heavy atom. The van der Waals surface area contributed by atoms with Gasteiger partial charge in [-0.05, 0) is 38.0 Å². The van der Waals surface area contributed by atoms with Gasteiger partial charge in [0, 0.05) is 11.3 Å². The number of rotatable bonds is 11. The Balaban J connectivity index is 1.72. The lowest BCUT2D eigenvalue weighted by Crippen LogP contribution is -2.71. The van der Waals surface area contributed by atoms with Gasteiger partial charge in [0.25, 0.3) is 0 Å². The van der Waals surface area contributed by atoms with Crippen LogP contribution in [0.15, 0.2) is 24.3 Å². The van der Waals surface area contributed by atoms with E-state index in [9.17, 15) is 34.2 Å². The molecule has 2 unspecified atom stereocenters. The predicted molar refractivity (Wildman–Crippen MR) is 135 cm³/mol. The van der Waals surface area contributed by atoms with E-state index >= 15 is 0 Å². The van der Waals surface area contributed by atoms with Crippen molar-refractivity contribution >= 4 is 41.4 Å². The van der Waals surface area contributed by atoms with Gasteiger partial charge in [-0.1, -0.05) is 25.5 Å². The van der Waals surface area contributed by atoms with Crippen molar-refractivity contribution in [3.63, 3.8) is 0 Å². The Labute approximate surface area is 218 Å². The molecule has 0 bridgehead atoms. The first-order valence-corrected chi connectivity index (χ1v) is 12.9. The summed E-state index contributed by atoms with van der Waals surface area (Å²) in [6.07, 6.45) is 1.41. The number of thioether (sulfide) groups is 1. The lowest BCUT2D eigenvalue weighted by molar-refractivity contribution is -0.161. The molecule has 2 saturated heterocycles. The number of nitrogens with two attached hydrogens (primary N) is 1. The fourth-order valence-electron chi connectivity index (χ4n) is 4.37. The maximum absolute atomic E-state index is 13.3. The number of hydrogen-bond donors (Lipinski definition) is 6. The zero-order valence-electron chi connectivity index (χ0n) is 20.9. The number of phenolic OH excluding ortho intramolecular Hbond substituents is 1. The van der Waals surface area contributed by atoms with Crippen molar-refractivity contribution in [2.75, 3.05) is 6.54 Å². The summed E-state index contributed by atoms with van der Waals surface area (Å²) in [5, 5.41) is 26.5. The summed E-state index contributed by atoms with van der Waals surface area (Å²) >= 11 is 1.28. The molecule has 13 heteroatoms. The molecule has 1 aromatic rings. The van der Waals surface area contributed by atoms with E-state index in [1.54, 1.807) is 13.8 Å². The van der Waals surface area contributed by atoms with Crippen molar-refractivity contribution in [3.8, 4) is 5.75 Å². The number of β-lactam (4-membered cyclic amide) rings is 1. The molecule has 2 fully saturated rings. The second-order valence-corrected chi connectivity index (χ2v) is 11.4. The highest BCUT2D eigenvalue weighted by Gasteiger charge is 2.64. The van der Waals surface area contributed by atoms with E-state index in [0.29, 0.717) is 12.1 Å². The number of carbonyl (C=O) groups excluding carboxylic acids is 4. The Hall–Kier alpha value is -3.32. The molecule has 202 valence electrons. The number of carbonyl (C=O) groups is 5. The molecule has 0 aliphatic carbocycles. The number of aromatic hydroxyl groups is 1. The Morgan fingerprint density at radius 2 is 1.81 bits per heavy atom. The summed E-state index contributed by atoms with van der Waals surface area (Å²) in [6, 6.07) is 1.04. The van der Waals surface area contributed by atoms with E-state index in [1.807, 2.05) is 6.92 Å². The number of hydrogen-bond acceptors (Lipinski definition) is 8. The fraction of sp³-hybridized carbons (Fsp3) is 0.542. The van der Waals surface area contributed by atoms with Gasteiger partial charge >= 0.3 is 5.97 Å². The molecule has 1 aromatic carbocycles. The van der Waals surface area contributed by atoms with Gasteiger partial charge in [0.1, 0.15) is 29.2 Å². The van der Waals surface area contributed by atoms with E-state index in [2.05, 4.69) is 16.0 Å². The largest absolute Gasteiger partial charge is 0.508 e. The van der Waals surface area contributed by atoms with Crippen LogP contribution >= 0.6 is 11.8 Å². The lowest BCUT2D eigenvalue weighted by atomic mass is 9.95. The third-order valence-corrected chi connectivity index (χ3v) is 7.91. The first-order valence-electron chi connectivity index (χ1n) is 12.0. The summed E-state index contributed by atoms with van der Waals surface area (Å²) in [4.78, 5) is 63.9. The minimum absolute atomic E-state index is 0.0520. The molecule has 3 rings (SSSR count). The predicted octanol–water partition coefficient (Wildman–Crippen LogP) is -0.185. The van der Waals surface area contributed by atoms with Crippen LogP contribution in [0.2, 0.25) is 0 Å². The van der Waals surface area contributed by atoms with Crippen LogP contribution in [0.1, 0.15) is 51.6 Å². The summed E-state index contributed by atoms with van der Waals surface area (Å²) in [5.74, 6) is -3.56. The van der Waals surface area contributed by atoms with Gasteiger partial charge in [0.2, 0.25) is 23.6 Å². The number of unbranched alkanes of at least 4 members (excludes halogenated alkanes) is 1. The lowest BCUT2D eigenvalue weighted by Gasteiger charge is -2.44. The van der Waals surface area contributed by atoms with E-state index < -0.39 is 63.9 Å². The summed E-state index contributed by atoms with van der Waals surface area (Å²) in [6.45, 7) is 5.89. The second-order valence-electron chi connectivity index (χ2n) is 9.63. The molecule has 0 spiro atoms. The molecule has 0 radical (unpaired) electrons. The highest BCUT2D eigenvalue weighted by Crippen LogP contribution is 2.50. The molecule has 12 nitrogen and oxygen atoms in total. The number of nitrogens with one attached hydrogen (secondary N) is 3. The van der Waals surface area contributed by atoms with E-state index in [0.717, 1.165) is 12.8 Å². The van der Waals surface area contributed by atoms with Crippen LogP contribution in [0.3, 0.4) is 0 Å². The number of amides is 4. The van der Waals surface area contributed by atoms with Crippen LogP contribution in [0, 0.1) is 0 Å². The van der Waals surface area contributed by atoms with Crippen molar-refractivity contribution in [1.82, 2.24) is 20.9 Å². The second kappa shape index (κ2) is 11.4. The number of benzene rings is 1. The van der Waals surface area contributed by atoms with Crippen molar-refractivity contribution in [2.24, 2.45) is 5.73 Å². The monoisotopic (exact) mass is 535 g/mol. The van der Waals surface area contributed by atoms with Gasteiger partial charge < -0.3 is 36.8 Å². The quantitative estimate of drug-likeness (QED) is 0.165. The molecule has 0 aromatic heterocycles. The third-order valence-electron chi connectivity index (χ3n) is 6.34. The average molecular weight is 536 g/mol. The fourth-order valence-corrected chi connectivity index (χ4v) is 5.99. The van der Waals surface area contributed by atoms with Gasteiger partial charge in [-0.15, -0.1) is 11.8 Å². The molecule has 37 heavy (non-hydrogen) atoms. The Morgan fingerprint density at radius 1 is 1.16 bits per heavy atom.